The summed E-state index contributed by atoms with van der Waals surface area (Å²) < 4.78 is 8.12. The molecular formula is C12H12INO2. The molecule has 1 aromatic heterocycles. The molecule has 0 saturated heterocycles. The van der Waals surface area contributed by atoms with Crippen molar-refractivity contribution in [3.8, 4) is 0 Å². The van der Waals surface area contributed by atoms with E-state index in [2.05, 4.69) is 22.6 Å². The molecule has 16 heavy (non-hydrogen) atoms. The number of aromatic nitrogens is 1. The quantitative estimate of drug-likeness (QED) is 0.794. The zero-order valence-electron chi connectivity index (χ0n) is 8.78. The SMILES string of the molecule is O=c1oc2cc(I)ccc2n1CC1CCC1. The smallest absolute Gasteiger partial charge is 0.408 e. The van der Waals surface area contributed by atoms with Crippen LogP contribution in [0.1, 0.15) is 19.3 Å². The van der Waals surface area contributed by atoms with Crippen LogP contribution in [0.4, 0.5) is 0 Å². The van der Waals surface area contributed by atoms with Gasteiger partial charge in [-0.2, -0.15) is 0 Å². The van der Waals surface area contributed by atoms with Crippen molar-refractivity contribution >= 4 is 33.7 Å². The van der Waals surface area contributed by atoms with E-state index in [1.165, 1.54) is 19.3 Å². The first-order valence-electron chi connectivity index (χ1n) is 5.53. The van der Waals surface area contributed by atoms with Crippen LogP contribution in [0.3, 0.4) is 0 Å². The molecular weight excluding hydrogens is 317 g/mol. The minimum atomic E-state index is -0.219. The minimum absolute atomic E-state index is 0.219. The van der Waals surface area contributed by atoms with Crippen LogP contribution < -0.4 is 5.76 Å². The van der Waals surface area contributed by atoms with Crippen LogP contribution in [0.5, 0.6) is 0 Å². The number of benzene rings is 1. The molecule has 1 aromatic carbocycles. The molecule has 1 fully saturated rings. The highest BCUT2D eigenvalue weighted by atomic mass is 127. The van der Waals surface area contributed by atoms with Crippen LogP contribution in [-0.4, -0.2) is 4.57 Å². The fourth-order valence-electron chi connectivity index (χ4n) is 2.15. The zero-order chi connectivity index (χ0) is 11.1. The van der Waals surface area contributed by atoms with E-state index in [9.17, 15) is 4.79 Å². The van der Waals surface area contributed by atoms with Gasteiger partial charge in [-0.25, -0.2) is 4.79 Å². The maximum Gasteiger partial charge on any atom is 0.419 e. The molecule has 0 N–H and O–H groups in total. The Morgan fingerprint density at radius 1 is 1.44 bits per heavy atom. The molecule has 0 unspecified atom stereocenters. The maximum absolute atomic E-state index is 11.7. The van der Waals surface area contributed by atoms with E-state index in [4.69, 9.17) is 4.42 Å². The van der Waals surface area contributed by atoms with Crippen molar-refractivity contribution < 1.29 is 4.42 Å². The summed E-state index contributed by atoms with van der Waals surface area (Å²) in [5, 5.41) is 0. The molecule has 1 aliphatic rings. The second-order valence-electron chi connectivity index (χ2n) is 4.39. The molecule has 0 radical (unpaired) electrons. The second kappa shape index (κ2) is 3.91. The molecule has 0 atom stereocenters. The molecule has 2 aromatic rings. The van der Waals surface area contributed by atoms with Gasteiger partial charge in [0.25, 0.3) is 0 Å². The van der Waals surface area contributed by atoms with Crippen LogP contribution >= 0.6 is 22.6 Å². The lowest BCUT2D eigenvalue weighted by atomic mass is 9.85. The summed E-state index contributed by atoms with van der Waals surface area (Å²) in [4.78, 5) is 11.7. The van der Waals surface area contributed by atoms with E-state index >= 15 is 0 Å². The summed E-state index contributed by atoms with van der Waals surface area (Å²) in [6, 6.07) is 5.89. The van der Waals surface area contributed by atoms with Crippen LogP contribution in [0.25, 0.3) is 11.1 Å². The lowest BCUT2D eigenvalue weighted by Gasteiger charge is -2.25. The first-order chi connectivity index (χ1) is 7.74. The molecule has 3 rings (SSSR count). The van der Waals surface area contributed by atoms with Crippen molar-refractivity contribution in [1.82, 2.24) is 4.57 Å². The van der Waals surface area contributed by atoms with Gasteiger partial charge in [-0.1, -0.05) is 6.42 Å². The van der Waals surface area contributed by atoms with Crippen molar-refractivity contribution in [3.05, 3.63) is 32.3 Å². The summed E-state index contributed by atoms with van der Waals surface area (Å²) in [7, 11) is 0. The van der Waals surface area contributed by atoms with Crippen molar-refractivity contribution in [2.45, 2.75) is 25.8 Å². The van der Waals surface area contributed by atoms with E-state index in [0.717, 1.165) is 15.6 Å². The van der Waals surface area contributed by atoms with E-state index in [-0.39, 0.29) is 5.76 Å². The second-order valence-corrected chi connectivity index (χ2v) is 5.63. The van der Waals surface area contributed by atoms with Gasteiger partial charge >= 0.3 is 5.76 Å². The largest absolute Gasteiger partial charge is 0.419 e. The van der Waals surface area contributed by atoms with Crippen molar-refractivity contribution in [1.29, 1.82) is 0 Å². The predicted octanol–water partition coefficient (Wildman–Crippen LogP) is 3.00. The van der Waals surface area contributed by atoms with Gasteiger partial charge in [0, 0.05) is 10.1 Å². The van der Waals surface area contributed by atoms with Gasteiger partial charge in [0.2, 0.25) is 0 Å². The van der Waals surface area contributed by atoms with Crippen molar-refractivity contribution in [2.24, 2.45) is 5.92 Å². The van der Waals surface area contributed by atoms with Crippen molar-refractivity contribution in [2.75, 3.05) is 0 Å². The Bertz CT molecular complexity index is 580. The molecule has 1 aliphatic carbocycles. The maximum atomic E-state index is 11.7. The number of halogens is 1. The number of hydrogen-bond acceptors (Lipinski definition) is 2. The third kappa shape index (κ3) is 1.69. The fraction of sp³-hybridized carbons (Fsp3) is 0.417. The van der Waals surface area contributed by atoms with Gasteiger partial charge in [0.1, 0.15) is 0 Å². The van der Waals surface area contributed by atoms with Crippen LogP contribution in [0, 0.1) is 9.49 Å². The zero-order valence-corrected chi connectivity index (χ0v) is 10.9. The summed E-state index contributed by atoms with van der Waals surface area (Å²) in [6.07, 6.45) is 3.78. The highest BCUT2D eigenvalue weighted by molar-refractivity contribution is 14.1. The topological polar surface area (TPSA) is 35.1 Å². The van der Waals surface area contributed by atoms with E-state index in [1.807, 2.05) is 18.2 Å². The first-order valence-corrected chi connectivity index (χ1v) is 6.61. The summed E-state index contributed by atoms with van der Waals surface area (Å²) in [5.41, 5.74) is 1.63. The van der Waals surface area contributed by atoms with Crippen molar-refractivity contribution in [3.63, 3.8) is 0 Å². The van der Waals surface area contributed by atoms with Gasteiger partial charge in [0.15, 0.2) is 5.58 Å². The molecule has 1 saturated carbocycles. The third-order valence-electron chi connectivity index (χ3n) is 3.30. The molecule has 1 heterocycles. The Morgan fingerprint density at radius 2 is 2.25 bits per heavy atom. The number of hydrogen-bond donors (Lipinski definition) is 0. The van der Waals surface area contributed by atoms with Crippen LogP contribution in [0.15, 0.2) is 27.4 Å². The highest BCUT2D eigenvalue weighted by Gasteiger charge is 2.20. The number of nitrogens with zero attached hydrogens (tertiary/aromatic N) is 1. The van der Waals surface area contributed by atoms with Gasteiger partial charge in [-0.15, -0.1) is 0 Å². The number of oxazole rings is 1. The predicted molar refractivity (Wildman–Crippen MR) is 70.5 cm³/mol. The number of fused-ring (bicyclic) bond motifs is 1. The summed E-state index contributed by atoms with van der Waals surface area (Å²) in [5.74, 6) is 0.446. The minimum Gasteiger partial charge on any atom is -0.408 e. The number of rotatable bonds is 2. The fourth-order valence-corrected chi connectivity index (χ4v) is 2.61. The van der Waals surface area contributed by atoms with Gasteiger partial charge in [0.05, 0.1) is 5.52 Å². The summed E-state index contributed by atoms with van der Waals surface area (Å²) >= 11 is 2.22. The Labute approximate surface area is 107 Å². The van der Waals surface area contributed by atoms with E-state index in [1.54, 1.807) is 4.57 Å². The Morgan fingerprint density at radius 3 is 2.94 bits per heavy atom. The summed E-state index contributed by atoms with van der Waals surface area (Å²) in [6.45, 7) is 0.812. The standard InChI is InChI=1S/C12H12INO2/c13-9-4-5-10-11(6-9)16-12(15)14(10)7-8-2-1-3-8/h4-6,8H,1-3,7H2. The van der Waals surface area contributed by atoms with E-state index < -0.39 is 0 Å². The normalized spacial score (nSPS) is 16.6. The molecule has 0 spiro atoms. The van der Waals surface area contributed by atoms with Gasteiger partial charge in [-0.3, -0.25) is 4.57 Å². The van der Waals surface area contributed by atoms with Gasteiger partial charge < -0.3 is 4.42 Å². The van der Waals surface area contributed by atoms with E-state index in [0.29, 0.717) is 11.5 Å². The molecule has 0 amide bonds. The van der Waals surface area contributed by atoms with Gasteiger partial charge in [-0.05, 0) is 59.5 Å². The Balaban J connectivity index is 2.08. The monoisotopic (exact) mass is 329 g/mol. The van der Waals surface area contributed by atoms with Crippen LogP contribution in [0.2, 0.25) is 0 Å². The molecule has 0 bridgehead atoms. The average Bonchev–Trinajstić information content (AvgIpc) is 2.47. The average molecular weight is 329 g/mol. The molecule has 3 nitrogen and oxygen atoms in total. The first kappa shape index (κ1) is 10.4. The third-order valence-corrected chi connectivity index (χ3v) is 3.97. The molecule has 84 valence electrons. The van der Waals surface area contributed by atoms with Crippen LogP contribution in [-0.2, 0) is 6.54 Å². The molecule has 0 aliphatic heterocycles. The lowest BCUT2D eigenvalue weighted by molar-refractivity contribution is 0.271. The molecule has 4 heteroatoms. The highest BCUT2D eigenvalue weighted by Crippen LogP contribution is 2.28. The Hall–Kier alpha value is -0.780. The Kier molecular flexibility index (Phi) is 2.53. The lowest BCUT2D eigenvalue weighted by Crippen LogP contribution is -2.24.